The molecule has 0 unspecified atom stereocenters. The molecule has 0 heterocycles. The first-order valence-electron chi connectivity index (χ1n) is 7.91. The van der Waals surface area contributed by atoms with E-state index in [0.717, 1.165) is 25.9 Å². The Hall–Kier alpha value is -1.88. The van der Waals surface area contributed by atoms with E-state index in [1.54, 1.807) is 12.1 Å². The number of hydrogen-bond acceptors (Lipinski definition) is 3. The Labute approximate surface area is 132 Å². The molecule has 0 aliphatic heterocycles. The number of nitrogens with one attached hydrogen (secondary N) is 2. The van der Waals surface area contributed by atoms with E-state index in [0.29, 0.717) is 25.3 Å². The average Bonchev–Trinajstić information content (AvgIpc) is 2.54. The summed E-state index contributed by atoms with van der Waals surface area (Å²) in [5.41, 5.74) is 0.604. The minimum absolute atomic E-state index is 0.0538. The van der Waals surface area contributed by atoms with Crippen molar-refractivity contribution in [2.45, 2.75) is 32.6 Å². The quantitative estimate of drug-likeness (QED) is 0.615. The van der Waals surface area contributed by atoms with Gasteiger partial charge in [0.15, 0.2) is 0 Å². The highest BCUT2D eigenvalue weighted by molar-refractivity contribution is 5.94. The van der Waals surface area contributed by atoms with Crippen molar-refractivity contribution in [1.82, 2.24) is 10.6 Å². The summed E-state index contributed by atoms with van der Waals surface area (Å²) in [6.07, 6.45) is 3.31. The van der Waals surface area contributed by atoms with Crippen LogP contribution in [0.5, 0.6) is 0 Å². The number of amides is 2. The number of carbonyl (C=O) groups is 2. The second-order valence-electron chi connectivity index (χ2n) is 5.04. The summed E-state index contributed by atoms with van der Waals surface area (Å²) >= 11 is 0. The topological polar surface area (TPSA) is 67.4 Å². The van der Waals surface area contributed by atoms with Crippen molar-refractivity contribution in [1.29, 1.82) is 0 Å². The fourth-order valence-corrected chi connectivity index (χ4v) is 1.82. The van der Waals surface area contributed by atoms with E-state index < -0.39 is 0 Å². The Kier molecular flexibility index (Phi) is 9.70. The molecule has 5 heteroatoms. The lowest BCUT2D eigenvalue weighted by Gasteiger charge is -2.07. The summed E-state index contributed by atoms with van der Waals surface area (Å²) in [6.45, 7) is 4.53. The molecule has 0 radical (unpaired) electrons. The van der Waals surface area contributed by atoms with Crippen molar-refractivity contribution in [2.24, 2.45) is 0 Å². The largest absolute Gasteiger partial charge is 0.381 e. The molecule has 0 aliphatic carbocycles. The Balaban J connectivity index is 2.00. The minimum Gasteiger partial charge on any atom is -0.381 e. The van der Waals surface area contributed by atoms with Crippen molar-refractivity contribution in [3.63, 3.8) is 0 Å². The lowest BCUT2D eigenvalue weighted by atomic mass is 10.2. The predicted octanol–water partition coefficient (Wildman–Crippen LogP) is 2.13. The first-order chi connectivity index (χ1) is 10.7. The lowest BCUT2D eigenvalue weighted by Crippen LogP contribution is -2.31. The van der Waals surface area contributed by atoms with Crippen LogP contribution in [0.2, 0.25) is 0 Å². The van der Waals surface area contributed by atoms with Gasteiger partial charge < -0.3 is 15.4 Å². The van der Waals surface area contributed by atoms with E-state index in [1.165, 1.54) is 0 Å². The van der Waals surface area contributed by atoms with Crippen molar-refractivity contribution in [2.75, 3.05) is 26.3 Å². The van der Waals surface area contributed by atoms with Crippen LogP contribution in [0.25, 0.3) is 0 Å². The smallest absolute Gasteiger partial charge is 0.251 e. The number of benzene rings is 1. The standard InChI is InChI=1S/C17H26N2O3/c1-2-3-13-22-14-7-11-18-16(20)10-12-19-17(21)15-8-5-4-6-9-15/h4-6,8-9H,2-3,7,10-14H2,1H3,(H,18,20)(H,19,21). The first-order valence-corrected chi connectivity index (χ1v) is 7.91. The van der Waals surface area contributed by atoms with Gasteiger partial charge in [-0.15, -0.1) is 0 Å². The van der Waals surface area contributed by atoms with Crippen molar-refractivity contribution >= 4 is 11.8 Å². The molecule has 22 heavy (non-hydrogen) atoms. The second kappa shape index (κ2) is 11.7. The van der Waals surface area contributed by atoms with Crippen molar-refractivity contribution in [3.8, 4) is 0 Å². The summed E-state index contributed by atoms with van der Waals surface area (Å²) in [7, 11) is 0. The van der Waals surface area contributed by atoms with Crippen molar-refractivity contribution in [3.05, 3.63) is 35.9 Å². The van der Waals surface area contributed by atoms with Gasteiger partial charge in [-0.1, -0.05) is 31.5 Å². The zero-order chi connectivity index (χ0) is 16.0. The predicted molar refractivity (Wildman–Crippen MR) is 86.7 cm³/mol. The van der Waals surface area contributed by atoms with Gasteiger partial charge in [0.2, 0.25) is 5.91 Å². The van der Waals surface area contributed by atoms with Crippen LogP contribution >= 0.6 is 0 Å². The van der Waals surface area contributed by atoms with E-state index >= 15 is 0 Å². The van der Waals surface area contributed by atoms with Gasteiger partial charge in [0.1, 0.15) is 0 Å². The SMILES string of the molecule is CCCCOCCCNC(=O)CCNC(=O)c1ccccc1. The van der Waals surface area contributed by atoms with E-state index in [1.807, 2.05) is 18.2 Å². The van der Waals surface area contributed by atoms with Crippen LogP contribution in [0.15, 0.2) is 30.3 Å². The number of unbranched alkanes of at least 4 members (excludes halogenated alkanes) is 1. The molecular weight excluding hydrogens is 280 g/mol. The van der Waals surface area contributed by atoms with Crippen LogP contribution in [0.1, 0.15) is 43.0 Å². The Morgan fingerprint density at radius 2 is 1.73 bits per heavy atom. The summed E-state index contributed by atoms with van der Waals surface area (Å²) in [6, 6.07) is 8.96. The molecule has 0 bridgehead atoms. The van der Waals surface area contributed by atoms with E-state index in [2.05, 4.69) is 17.6 Å². The van der Waals surface area contributed by atoms with Crippen LogP contribution in [-0.4, -0.2) is 38.1 Å². The Morgan fingerprint density at radius 3 is 2.45 bits per heavy atom. The van der Waals surface area contributed by atoms with E-state index in [9.17, 15) is 9.59 Å². The van der Waals surface area contributed by atoms with Crippen LogP contribution in [0.3, 0.4) is 0 Å². The molecule has 0 atom stereocenters. The molecule has 1 rings (SSSR count). The maximum Gasteiger partial charge on any atom is 0.251 e. The Morgan fingerprint density at radius 1 is 1.00 bits per heavy atom. The fraction of sp³-hybridized carbons (Fsp3) is 0.529. The molecule has 2 N–H and O–H groups in total. The van der Waals surface area contributed by atoms with Crippen LogP contribution in [-0.2, 0) is 9.53 Å². The van der Waals surface area contributed by atoms with Gasteiger partial charge in [-0.3, -0.25) is 9.59 Å². The molecule has 0 aromatic heterocycles. The number of carbonyl (C=O) groups excluding carboxylic acids is 2. The molecule has 0 saturated heterocycles. The molecule has 1 aromatic carbocycles. The molecule has 0 aliphatic rings. The van der Waals surface area contributed by atoms with Gasteiger partial charge in [-0.05, 0) is 25.0 Å². The van der Waals surface area contributed by atoms with E-state index in [-0.39, 0.29) is 18.2 Å². The lowest BCUT2D eigenvalue weighted by molar-refractivity contribution is -0.120. The van der Waals surface area contributed by atoms with Gasteiger partial charge in [0.05, 0.1) is 0 Å². The van der Waals surface area contributed by atoms with Crippen molar-refractivity contribution < 1.29 is 14.3 Å². The molecule has 0 saturated carbocycles. The molecule has 5 nitrogen and oxygen atoms in total. The van der Waals surface area contributed by atoms with Gasteiger partial charge in [-0.25, -0.2) is 0 Å². The van der Waals surface area contributed by atoms with Gasteiger partial charge in [-0.2, -0.15) is 0 Å². The monoisotopic (exact) mass is 306 g/mol. The van der Waals surface area contributed by atoms with Gasteiger partial charge in [0, 0.05) is 38.3 Å². The maximum absolute atomic E-state index is 11.8. The zero-order valence-corrected chi connectivity index (χ0v) is 13.3. The van der Waals surface area contributed by atoms with Gasteiger partial charge >= 0.3 is 0 Å². The maximum atomic E-state index is 11.8. The molecule has 0 spiro atoms. The molecule has 1 aromatic rings. The highest BCUT2D eigenvalue weighted by Crippen LogP contribution is 1.97. The third kappa shape index (κ3) is 8.42. The Bertz CT molecular complexity index is 435. The molecular formula is C17H26N2O3. The van der Waals surface area contributed by atoms with Crippen LogP contribution in [0.4, 0.5) is 0 Å². The first kappa shape index (κ1) is 18.2. The second-order valence-corrected chi connectivity index (χ2v) is 5.04. The third-order valence-corrected chi connectivity index (χ3v) is 3.10. The number of rotatable bonds is 11. The van der Waals surface area contributed by atoms with Gasteiger partial charge in [0.25, 0.3) is 5.91 Å². The number of hydrogen-bond donors (Lipinski definition) is 2. The highest BCUT2D eigenvalue weighted by Gasteiger charge is 2.05. The van der Waals surface area contributed by atoms with Crippen LogP contribution < -0.4 is 10.6 Å². The highest BCUT2D eigenvalue weighted by atomic mass is 16.5. The average molecular weight is 306 g/mol. The minimum atomic E-state index is -0.155. The summed E-state index contributed by atoms with van der Waals surface area (Å²) in [5.74, 6) is -0.209. The molecule has 0 fully saturated rings. The number of ether oxygens (including phenoxy) is 1. The van der Waals surface area contributed by atoms with E-state index in [4.69, 9.17) is 4.74 Å². The summed E-state index contributed by atoms with van der Waals surface area (Å²) in [5, 5.41) is 5.55. The molecule has 2 amide bonds. The summed E-state index contributed by atoms with van der Waals surface area (Å²) in [4.78, 5) is 23.3. The normalized spacial score (nSPS) is 10.2. The van der Waals surface area contributed by atoms with Crippen LogP contribution in [0, 0.1) is 0 Å². The molecule has 122 valence electrons. The zero-order valence-electron chi connectivity index (χ0n) is 13.3. The third-order valence-electron chi connectivity index (χ3n) is 3.10. The fourth-order valence-electron chi connectivity index (χ4n) is 1.82. The summed E-state index contributed by atoms with van der Waals surface area (Å²) < 4.78 is 5.41.